The molecular weight excluding hydrogens is 348 g/mol. The molecule has 0 bridgehead atoms. The molecule has 0 atom stereocenters. The van der Waals surface area contributed by atoms with E-state index in [1.807, 2.05) is 31.2 Å². The van der Waals surface area contributed by atoms with E-state index < -0.39 is 0 Å². The third-order valence-corrected chi connectivity index (χ3v) is 5.54. The normalized spacial score (nSPS) is 14.7. The van der Waals surface area contributed by atoms with Crippen molar-refractivity contribution in [2.24, 2.45) is 0 Å². The minimum atomic E-state index is -0.373. The van der Waals surface area contributed by atoms with Gasteiger partial charge in [-0.05, 0) is 38.8 Å². The number of rotatable bonds is 4. The molecule has 1 aromatic heterocycles. The second-order valence-corrected chi connectivity index (χ2v) is 7.69. The van der Waals surface area contributed by atoms with Gasteiger partial charge in [-0.15, -0.1) is 0 Å². The number of urea groups is 1. The van der Waals surface area contributed by atoms with Crippen molar-refractivity contribution >= 4 is 34.1 Å². The maximum atomic E-state index is 12.5. The van der Waals surface area contributed by atoms with Crippen LogP contribution >= 0.6 is 11.3 Å². The van der Waals surface area contributed by atoms with Crippen molar-refractivity contribution in [2.75, 3.05) is 10.6 Å². The third kappa shape index (κ3) is 4.82. The highest BCUT2D eigenvalue weighted by Crippen LogP contribution is 2.24. The van der Waals surface area contributed by atoms with Gasteiger partial charge in [0.25, 0.3) is 5.91 Å². The highest BCUT2D eigenvalue weighted by Gasteiger charge is 2.21. The molecule has 26 heavy (non-hydrogen) atoms. The first kappa shape index (κ1) is 18.4. The predicted molar refractivity (Wildman–Crippen MR) is 105 cm³/mol. The molecule has 1 aliphatic carbocycles. The summed E-state index contributed by atoms with van der Waals surface area (Å²) in [5, 5.41) is 8.97. The molecule has 3 rings (SSSR count). The van der Waals surface area contributed by atoms with Crippen molar-refractivity contribution in [2.45, 2.75) is 52.0 Å². The van der Waals surface area contributed by atoms with Crippen LogP contribution in [0.1, 0.15) is 53.0 Å². The fraction of sp³-hybridized carbons (Fsp3) is 0.421. The third-order valence-electron chi connectivity index (χ3n) is 4.47. The molecular formula is C19H24N4O2S. The molecule has 3 N–H and O–H groups in total. The van der Waals surface area contributed by atoms with Crippen molar-refractivity contribution in [1.82, 2.24) is 10.3 Å². The van der Waals surface area contributed by atoms with Crippen LogP contribution in [0.2, 0.25) is 0 Å². The summed E-state index contributed by atoms with van der Waals surface area (Å²) in [5.74, 6) is -0.0982. The van der Waals surface area contributed by atoms with E-state index in [9.17, 15) is 9.59 Å². The summed E-state index contributed by atoms with van der Waals surface area (Å²) in [5.41, 5.74) is 2.46. The molecule has 3 amide bonds. The number of carbonyl (C=O) groups is 2. The zero-order valence-electron chi connectivity index (χ0n) is 15.1. The van der Waals surface area contributed by atoms with E-state index in [1.165, 1.54) is 30.6 Å². The van der Waals surface area contributed by atoms with Crippen LogP contribution < -0.4 is 16.0 Å². The number of benzene rings is 1. The highest BCUT2D eigenvalue weighted by molar-refractivity contribution is 7.17. The average molecular weight is 372 g/mol. The fourth-order valence-electron chi connectivity index (χ4n) is 3.05. The fourth-order valence-corrected chi connectivity index (χ4v) is 3.92. The molecule has 1 aliphatic rings. The summed E-state index contributed by atoms with van der Waals surface area (Å²) in [6.07, 6.45) is 5.65. The van der Waals surface area contributed by atoms with Gasteiger partial charge in [0.2, 0.25) is 0 Å². The van der Waals surface area contributed by atoms with Gasteiger partial charge in [-0.1, -0.05) is 48.3 Å². The van der Waals surface area contributed by atoms with E-state index in [-0.39, 0.29) is 18.0 Å². The summed E-state index contributed by atoms with van der Waals surface area (Å²) in [4.78, 5) is 29.5. The van der Waals surface area contributed by atoms with Gasteiger partial charge in [0.05, 0.1) is 5.69 Å². The van der Waals surface area contributed by atoms with Gasteiger partial charge < -0.3 is 10.6 Å². The molecule has 6 nitrogen and oxygen atoms in total. The lowest BCUT2D eigenvalue weighted by atomic mass is 9.95. The predicted octanol–water partition coefficient (Wildman–Crippen LogP) is 4.47. The lowest BCUT2D eigenvalue weighted by molar-refractivity contribution is 0.0931. The molecule has 7 heteroatoms. The molecule has 0 saturated heterocycles. The van der Waals surface area contributed by atoms with Crippen LogP contribution in [-0.4, -0.2) is 23.0 Å². The quantitative estimate of drug-likeness (QED) is 0.740. The molecule has 2 aromatic rings. The SMILES string of the molecule is Cc1ccc(NC(=O)Nc2nc(C)c(C(=O)NC3CCCCC3)s2)cc1. The second kappa shape index (κ2) is 8.31. The van der Waals surface area contributed by atoms with Gasteiger partial charge in [-0.25, -0.2) is 9.78 Å². The van der Waals surface area contributed by atoms with Crippen LogP contribution in [0.3, 0.4) is 0 Å². The second-order valence-electron chi connectivity index (χ2n) is 6.69. The Morgan fingerprint density at radius 2 is 1.73 bits per heavy atom. The number of aryl methyl sites for hydroxylation is 2. The van der Waals surface area contributed by atoms with Crippen molar-refractivity contribution in [1.29, 1.82) is 0 Å². The van der Waals surface area contributed by atoms with Crippen LogP contribution in [-0.2, 0) is 0 Å². The first-order valence-electron chi connectivity index (χ1n) is 8.94. The Hall–Kier alpha value is -2.41. The number of thiazole rings is 1. The van der Waals surface area contributed by atoms with E-state index in [0.717, 1.165) is 18.4 Å². The Morgan fingerprint density at radius 1 is 1.04 bits per heavy atom. The summed E-state index contributed by atoms with van der Waals surface area (Å²) in [6, 6.07) is 7.41. The average Bonchev–Trinajstić information content (AvgIpc) is 2.98. The van der Waals surface area contributed by atoms with E-state index in [1.54, 1.807) is 6.92 Å². The van der Waals surface area contributed by atoms with Gasteiger partial charge in [0, 0.05) is 11.7 Å². The Bertz CT molecular complexity index is 779. The van der Waals surface area contributed by atoms with E-state index >= 15 is 0 Å². The maximum absolute atomic E-state index is 12.5. The van der Waals surface area contributed by atoms with Crippen LogP contribution in [0.4, 0.5) is 15.6 Å². The summed E-state index contributed by atoms with van der Waals surface area (Å²) >= 11 is 1.20. The Kier molecular flexibility index (Phi) is 5.88. The molecule has 0 aliphatic heterocycles. The van der Waals surface area contributed by atoms with Gasteiger partial charge >= 0.3 is 6.03 Å². The zero-order chi connectivity index (χ0) is 18.5. The number of nitrogens with one attached hydrogen (secondary N) is 3. The Labute approximate surface area is 157 Å². The smallest absolute Gasteiger partial charge is 0.325 e. The molecule has 0 spiro atoms. The monoisotopic (exact) mass is 372 g/mol. The van der Waals surface area contributed by atoms with Gasteiger partial charge in [-0.3, -0.25) is 10.1 Å². The molecule has 0 unspecified atom stereocenters. The van der Waals surface area contributed by atoms with Crippen LogP contribution in [0.15, 0.2) is 24.3 Å². The summed E-state index contributed by atoms with van der Waals surface area (Å²) in [6.45, 7) is 3.78. The van der Waals surface area contributed by atoms with Crippen LogP contribution in [0, 0.1) is 13.8 Å². The van der Waals surface area contributed by atoms with Crippen LogP contribution in [0.5, 0.6) is 0 Å². The number of nitrogens with zero attached hydrogens (tertiary/aromatic N) is 1. The topological polar surface area (TPSA) is 83.1 Å². The summed E-state index contributed by atoms with van der Waals surface area (Å²) in [7, 11) is 0. The zero-order valence-corrected chi connectivity index (χ0v) is 15.9. The van der Waals surface area contributed by atoms with Crippen LogP contribution in [0.25, 0.3) is 0 Å². The highest BCUT2D eigenvalue weighted by atomic mass is 32.1. The van der Waals surface area contributed by atoms with Crippen molar-refractivity contribution in [3.63, 3.8) is 0 Å². The Balaban J connectivity index is 1.59. The van der Waals surface area contributed by atoms with E-state index in [2.05, 4.69) is 20.9 Å². The minimum Gasteiger partial charge on any atom is -0.349 e. The summed E-state index contributed by atoms with van der Waals surface area (Å²) < 4.78 is 0. The minimum absolute atomic E-state index is 0.0982. The first-order chi connectivity index (χ1) is 12.5. The molecule has 0 radical (unpaired) electrons. The molecule has 1 fully saturated rings. The van der Waals surface area contributed by atoms with Gasteiger partial charge in [-0.2, -0.15) is 0 Å². The number of carbonyl (C=O) groups excluding carboxylic acids is 2. The molecule has 1 aromatic carbocycles. The standard InChI is InChI=1S/C19H24N4O2S/c1-12-8-10-15(11-9-12)22-18(25)23-19-20-13(2)16(26-19)17(24)21-14-6-4-3-5-7-14/h8-11,14H,3-7H2,1-2H3,(H,21,24)(H2,20,22,23,25). The number of amides is 3. The molecule has 1 saturated carbocycles. The number of hydrogen-bond acceptors (Lipinski definition) is 4. The van der Waals surface area contributed by atoms with E-state index in [0.29, 0.717) is 21.4 Å². The van der Waals surface area contributed by atoms with E-state index in [4.69, 9.17) is 0 Å². The van der Waals surface area contributed by atoms with Gasteiger partial charge in [0.1, 0.15) is 4.88 Å². The lowest BCUT2D eigenvalue weighted by Crippen LogP contribution is -2.36. The van der Waals surface area contributed by atoms with Crippen molar-refractivity contribution in [3.8, 4) is 0 Å². The number of hydrogen-bond donors (Lipinski definition) is 3. The molecule has 138 valence electrons. The molecule has 1 heterocycles. The first-order valence-corrected chi connectivity index (χ1v) is 9.76. The maximum Gasteiger partial charge on any atom is 0.325 e. The van der Waals surface area contributed by atoms with Crippen molar-refractivity contribution in [3.05, 3.63) is 40.4 Å². The van der Waals surface area contributed by atoms with Gasteiger partial charge in [0.15, 0.2) is 5.13 Å². The Morgan fingerprint density at radius 3 is 2.42 bits per heavy atom. The largest absolute Gasteiger partial charge is 0.349 e. The number of anilines is 2. The van der Waals surface area contributed by atoms with Crippen molar-refractivity contribution < 1.29 is 9.59 Å². The number of aromatic nitrogens is 1. The lowest BCUT2D eigenvalue weighted by Gasteiger charge is -2.22.